The van der Waals surface area contributed by atoms with E-state index in [4.69, 9.17) is 14.2 Å². The highest BCUT2D eigenvalue weighted by atomic mass is 16.5. The lowest BCUT2D eigenvalue weighted by Crippen LogP contribution is -2.47. The van der Waals surface area contributed by atoms with E-state index < -0.39 is 12.0 Å². The fourth-order valence-corrected chi connectivity index (χ4v) is 5.02. The molecule has 7 heteroatoms. The zero-order valence-corrected chi connectivity index (χ0v) is 20.2. The lowest BCUT2D eigenvalue weighted by atomic mass is 9.83. The molecule has 7 nitrogen and oxygen atoms in total. The van der Waals surface area contributed by atoms with Gasteiger partial charge in [0.15, 0.2) is 0 Å². The van der Waals surface area contributed by atoms with Gasteiger partial charge in [-0.2, -0.15) is 0 Å². The molecule has 2 aromatic carbocycles. The number of anilines is 1. The van der Waals surface area contributed by atoms with Gasteiger partial charge >= 0.3 is 5.97 Å². The summed E-state index contributed by atoms with van der Waals surface area (Å²) in [7, 11) is 3.23. The molecule has 4 rings (SSSR count). The maximum Gasteiger partial charge on any atom is 0.311 e. The third kappa shape index (κ3) is 5.20. The van der Waals surface area contributed by atoms with Crippen molar-refractivity contribution in [2.75, 3.05) is 38.8 Å². The Bertz CT molecular complexity index is 976. The van der Waals surface area contributed by atoms with E-state index in [1.165, 1.54) is 0 Å². The van der Waals surface area contributed by atoms with Crippen LogP contribution in [0, 0.1) is 5.92 Å². The topological polar surface area (TPSA) is 68.3 Å². The Morgan fingerprint density at radius 1 is 0.971 bits per heavy atom. The van der Waals surface area contributed by atoms with Crippen LogP contribution in [0.15, 0.2) is 48.5 Å². The van der Waals surface area contributed by atoms with Gasteiger partial charge in [-0.3, -0.25) is 14.5 Å². The number of methoxy groups -OCH3 is 2. The summed E-state index contributed by atoms with van der Waals surface area (Å²) in [5, 5.41) is 0. The summed E-state index contributed by atoms with van der Waals surface area (Å²) in [4.78, 5) is 30.8. The minimum absolute atomic E-state index is 0.00939. The normalized spacial score (nSPS) is 23.4. The summed E-state index contributed by atoms with van der Waals surface area (Å²) in [6.07, 6.45) is 2.55. The van der Waals surface area contributed by atoms with E-state index in [-0.39, 0.29) is 18.0 Å². The first kappa shape index (κ1) is 24.1. The van der Waals surface area contributed by atoms with Gasteiger partial charge in [0, 0.05) is 18.7 Å². The number of hydrogen-bond acceptors (Lipinski definition) is 6. The summed E-state index contributed by atoms with van der Waals surface area (Å²) in [5.41, 5.74) is 1.62. The molecule has 0 N–H and O–H groups in total. The van der Waals surface area contributed by atoms with Crippen molar-refractivity contribution in [3.63, 3.8) is 0 Å². The molecule has 2 heterocycles. The van der Waals surface area contributed by atoms with E-state index in [2.05, 4.69) is 11.8 Å². The van der Waals surface area contributed by atoms with Crippen molar-refractivity contribution in [3.8, 4) is 11.5 Å². The van der Waals surface area contributed by atoms with Crippen LogP contribution in [0.1, 0.15) is 44.2 Å². The quantitative estimate of drug-likeness (QED) is 0.570. The number of carbonyl (C=O) groups excluding carboxylic acids is 2. The van der Waals surface area contributed by atoms with Crippen molar-refractivity contribution in [1.29, 1.82) is 0 Å². The molecular formula is C27H34N2O5. The maximum absolute atomic E-state index is 13.5. The Balaban J connectivity index is 1.65. The van der Waals surface area contributed by atoms with Gasteiger partial charge in [0.05, 0.1) is 26.2 Å². The Morgan fingerprint density at radius 2 is 1.62 bits per heavy atom. The molecule has 2 fully saturated rings. The number of amides is 1. The molecule has 2 aromatic rings. The van der Waals surface area contributed by atoms with Crippen LogP contribution in [0.2, 0.25) is 0 Å². The van der Waals surface area contributed by atoms with Gasteiger partial charge in [-0.05, 0) is 74.3 Å². The predicted molar refractivity (Wildman–Crippen MR) is 130 cm³/mol. The molecule has 0 bridgehead atoms. The molecule has 0 aliphatic carbocycles. The molecule has 0 spiro atoms. The molecule has 2 aliphatic heterocycles. The fraction of sp³-hybridized carbons (Fsp3) is 0.481. The van der Waals surface area contributed by atoms with E-state index in [0.717, 1.165) is 49.5 Å². The van der Waals surface area contributed by atoms with Crippen molar-refractivity contribution < 1.29 is 23.8 Å². The second kappa shape index (κ2) is 10.9. The van der Waals surface area contributed by atoms with Crippen LogP contribution in [0.25, 0.3) is 0 Å². The minimum Gasteiger partial charge on any atom is -0.497 e. The fourth-order valence-electron chi connectivity index (χ4n) is 5.02. The highest BCUT2D eigenvalue weighted by Crippen LogP contribution is 2.41. The van der Waals surface area contributed by atoms with Gasteiger partial charge in [0.1, 0.15) is 17.6 Å². The van der Waals surface area contributed by atoms with Gasteiger partial charge in [-0.25, -0.2) is 0 Å². The SMILES string of the molecule is CCN1CCCC(OC(=O)C2CCC(=O)N(c3ccc(OC)cc3)C2c2ccc(OC)cc2)C1. The van der Waals surface area contributed by atoms with Crippen LogP contribution >= 0.6 is 0 Å². The molecule has 182 valence electrons. The summed E-state index contributed by atoms with van der Waals surface area (Å²) in [5.74, 6) is 0.746. The largest absolute Gasteiger partial charge is 0.497 e. The van der Waals surface area contributed by atoms with Crippen LogP contribution < -0.4 is 14.4 Å². The second-order valence-corrected chi connectivity index (χ2v) is 8.92. The summed E-state index contributed by atoms with van der Waals surface area (Å²) in [6.45, 7) is 4.89. The van der Waals surface area contributed by atoms with Gasteiger partial charge in [0.25, 0.3) is 0 Å². The first-order chi connectivity index (χ1) is 16.5. The Morgan fingerprint density at radius 3 is 2.24 bits per heavy atom. The molecule has 34 heavy (non-hydrogen) atoms. The molecule has 0 radical (unpaired) electrons. The van der Waals surface area contributed by atoms with Gasteiger partial charge in [0.2, 0.25) is 5.91 Å². The Hall–Kier alpha value is -3.06. The number of ether oxygens (including phenoxy) is 3. The van der Waals surface area contributed by atoms with Crippen LogP contribution in [0.5, 0.6) is 11.5 Å². The third-order valence-electron chi connectivity index (χ3n) is 6.90. The average Bonchev–Trinajstić information content (AvgIpc) is 2.88. The zero-order chi connectivity index (χ0) is 24.1. The molecular weight excluding hydrogens is 432 g/mol. The molecule has 2 aliphatic rings. The summed E-state index contributed by atoms with van der Waals surface area (Å²) < 4.78 is 16.7. The number of hydrogen-bond donors (Lipinski definition) is 0. The summed E-state index contributed by atoms with van der Waals surface area (Å²) in [6, 6.07) is 14.5. The second-order valence-electron chi connectivity index (χ2n) is 8.92. The zero-order valence-electron chi connectivity index (χ0n) is 20.2. The first-order valence-electron chi connectivity index (χ1n) is 12.1. The molecule has 3 unspecified atom stereocenters. The molecule has 2 saturated heterocycles. The van der Waals surface area contributed by atoms with Crippen molar-refractivity contribution in [3.05, 3.63) is 54.1 Å². The van der Waals surface area contributed by atoms with Crippen molar-refractivity contribution in [2.24, 2.45) is 5.92 Å². The van der Waals surface area contributed by atoms with Crippen molar-refractivity contribution in [2.45, 2.75) is 44.8 Å². The number of benzene rings is 2. The van der Waals surface area contributed by atoms with Crippen LogP contribution in [0.3, 0.4) is 0 Å². The number of likely N-dealkylation sites (tertiary alicyclic amines) is 1. The first-order valence-corrected chi connectivity index (χ1v) is 12.1. The van der Waals surface area contributed by atoms with E-state index in [0.29, 0.717) is 18.6 Å². The molecule has 0 aromatic heterocycles. The van der Waals surface area contributed by atoms with Gasteiger partial charge < -0.3 is 19.1 Å². The Kier molecular flexibility index (Phi) is 7.73. The van der Waals surface area contributed by atoms with Crippen LogP contribution in [-0.4, -0.2) is 56.7 Å². The highest BCUT2D eigenvalue weighted by Gasteiger charge is 2.43. The predicted octanol–water partition coefficient (Wildman–Crippen LogP) is 4.22. The van der Waals surface area contributed by atoms with Crippen molar-refractivity contribution in [1.82, 2.24) is 4.90 Å². The average molecular weight is 467 g/mol. The number of piperidine rings is 2. The minimum atomic E-state index is -0.459. The Labute approximate surface area is 201 Å². The van der Waals surface area contributed by atoms with Gasteiger partial charge in [-0.15, -0.1) is 0 Å². The lowest BCUT2D eigenvalue weighted by molar-refractivity contribution is -0.158. The molecule has 0 saturated carbocycles. The monoisotopic (exact) mass is 466 g/mol. The van der Waals surface area contributed by atoms with Crippen LogP contribution in [-0.2, 0) is 14.3 Å². The number of rotatable bonds is 7. The number of carbonyl (C=O) groups is 2. The van der Waals surface area contributed by atoms with E-state index in [1.807, 2.05) is 48.5 Å². The molecule has 1 amide bonds. The van der Waals surface area contributed by atoms with Crippen molar-refractivity contribution >= 4 is 17.6 Å². The summed E-state index contributed by atoms with van der Waals surface area (Å²) >= 11 is 0. The maximum atomic E-state index is 13.5. The van der Waals surface area contributed by atoms with E-state index >= 15 is 0 Å². The standard InChI is InChI=1S/C27H34N2O5/c1-4-28-17-5-6-23(18-28)34-27(31)24-15-16-25(30)29(20-9-13-22(33-3)14-10-20)26(24)19-7-11-21(32-2)12-8-19/h7-14,23-24,26H,4-6,15-18H2,1-3H3. The number of esters is 1. The van der Waals surface area contributed by atoms with Gasteiger partial charge in [-0.1, -0.05) is 19.1 Å². The van der Waals surface area contributed by atoms with E-state index in [9.17, 15) is 9.59 Å². The lowest BCUT2D eigenvalue weighted by Gasteiger charge is -2.41. The number of nitrogens with zero attached hydrogens (tertiary/aromatic N) is 2. The number of likely N-dealkylation sites (N-methyl/N-ethyl adjacent to an activating group) is 1. The smallest absolute Gasteiger partial charge is 0.311 e. The van der Waals surface area contributed by atoms with E-state index in [1.54, 1.807) is 19.1 Å². The highest BCUT2D eigenvalue weighted by molar-refractivity contribution is 5.97. The third-order valence-corrected chi connectivity index (χ3v) is 6.90. The molecule has 3 atom stereocenters. The van der Waals surface area contributed by atoms with Crippen LogP contribution in [0.4, 0.5) is 5.69 Å².